The Bertz CT molecular complexity index is 1700. The fourth-order valence-electron chi connectivity index (χ4n) is 4.28. The van der Waals surface area contributed by atoms with Crippen LogP contribution in [0.15, 0.2) is 81.9 Å². The molecule has 0 saturated heterocycles. The van der Waals surface area contributed by atoms with Crippen molar-refractivity contribution in [2.24, 2.45) is 4.99 Å². The van der Waals surface area contributed by atoms with E-state index in [1.54, 1.807) is 41.9 Å². The molecule has 0 saturated carbocycles. The van der Waals surface area contributed by atoms with Crippen molar-refractivity contribution in [1.29, 1.82) is 0 Å². The summed E-state index contributed by atoms with van der Waals surface area (Å²) in [7, 11) is 1.45. The Labute approximate surface area is 216 Å². The monoisotopic (exact) mass is 515 g/mol. The number of aromatic hydroxyl groups is 1. The first-order chi connectivity index (χ1) is 17.9. The van der Waals surface area contributed by atoms with Gasteiger partial charge in [0.2, 0.25) is 0 Å². The van der Waals surface area contributed by atoms with E-state index in [0.29, 0.717) is 37.5 Å². The molecule has 0 aliphatic carbocycles. The zero-order chi connectivity index (χ0) is 26.1. The van der Waals surface area contributed by atoms with Crippen molar-refractivity contribution in [1.82, 2.24) is 14.3 Å². The lowest BCUT2D eigenvalue weighted by molar-refractivity contribution is -0.113. The molecule has 2 aromatic heterocycles. The number of aromatic nitrogens is 3. The van der Waals surface area contributed by atoms with Gasteiger partial charge in [-0.1, -0.05) is 35.6 Å². The van der Waals surface area contributed by atoms with Gasteiger partial charge in [0.15, 0.2) is 16.3 Å². The minimum absolute atomic E-state index is 0.0406. The van der Waals surface area contributed by atoms with Crippen LogP contribution in [0.5, 0.6) is 11.5 Å². The van der Waals surface area contributed by atoms with Gasteiger partial charge in [0.1, 0.15) is 0 Å². The number of nitrogens with zero attached hydrogens (tertiary/aromatic N) is 4. The van der Waals surface area contributed by atoms with Gasteiger partial charge in [0.05, 0.1) is 34.6 Å². The molecule has 0 fully saturated rings. The van der Waals surface area contributed by atoms with Gasteiger partial charge < -0.3 is 15.2 Å². The smallest absolute Gasteiger partial charge is 0.271 e. The fourth-order valence-corrected chi connectivity index (χ4v) is 5.31. The van der Waals surface area contributed by atoms with Gasteiger partial charge in [-0.2, -0.15) is 5.10 Å². The van der Waals surface area contributed by atoms with E-state index in [-0.39, 0.29) is 23.0 Å². The number of aryl methyl sites for hydroxylation is 1. The SMILES string of the molecule is CCn1ccc(/C=c2/sc3n(c2=O)C(c2ccc(O)c(OC)c2)C(C(=O)Nc2ccccc2)=C(C)N=3)n1. The average molecular weight is 516 g/mol. The van der Waals surface area contributed by atoms with E-state index in [2.05, 4.69) is 15.4 Å². The molecule has 9 nitrogen and oxygen atoms in total. The molecule has 3 heterocycles. The third-order valence-electron chi connectivity index (χ3n) is 6.08. The number of phenolic OH excluding ortho intramolecular Hbond substituents is 1. The van der Waals surface area contributed by atoms with Crippen LogP contribution in [0.2, 0.25) is 0 Å². The van der Waals surface area contributed by atoms with E-state index >= 15 is 0 Å². The Balaban J connectivity index is 1.69. The second-order valence-electron chi connectivity index (χ2n) is 8.43. The number of carbonyl (C=O) groups is 1. The number of rotatable bonds is 6. The number of thiazole rings is 1. The normalized spacial score (nSPS) is 15.3. The predicted molar refractivity (Wildman–Crippen MR) is 141 cm³/mol. The first-order valence-electron chi connectivity index (χ1n) is 11.7. The summed E-state index contributed by atoms with van der Waals surface area (Å²) >= 11 is 1.24. The molecular weight excluding hydrogens is 490 g/mol. The Morgan fingerprint density at radius 3 is 2.70 bits per heavy atom. The summed E-state index contributed by atoms with van der Waals surface area (Å²) in [5, 5.41) is 17.6. The average Bonchev–Trinajstić information content (AvgIpc) is 3.48. The number of hydrogen-bond donors (Lipinski definition) is 2. The van der Waals surface area contributed by atoms with E-state index < -0.39 is 6.04 Å². The summed E-state index contributed by atoms with van der Waals surface area (Å²) in [5.41, 5.74) is 2.42. The van der Waals surface area contributed by atoms with Gasteiger partial charge >= 0.3 is 0 Å². The molecule has 0 bridgehead atoms. The number of hydrogen-bond acceptors (Lipinski definition) is 7. The second kappa shape index (κ2) is 9.90. The summed E-state index contributed by atoms with van der Waals surface area (Å²) in [6.07, 6.45) is 3.58. The highest BCUT2D eigenvalue weighted by molar-refractivity contribution is 7.07. The molecule has 1 amide bonds. The molecule has 1 unspecified atom stereocenters. The number of fused-ring (bicyclic) bond motifs is 1. The predicted octanol–water partition coefficient (Wildman–Crippen LogP) is 2.80. The highest BCUT2D eigenvalue weighted by atomic mass is 32.1. The lowest BCUT2D eigenvalue weighted by atomic mass is 9.94. The lowest BCUT2D eigenvalue weighted by Gasteiger charge is -2.25. The molecule has 2 N–H and O–H groups in total. The number of methoxy groups -OCH3 is 1. The van der Waals surface area contributed by atoms with Crippen LogP contribution >= 0.6 is 11.3 Å². The molecule has 10 heteroatoms. The van der Waals surface area contributed by atoms with Crippen LogP contribution in [0.25, 0.3) is 6.08 Å². The van der Waals surface area contributed by atoms with Crippen LogP contribution in [-0.4, -0.2) is 32.5 Å². The minimum Gasteiger partial charge on any atom is -0.504 e. The molecule has 0 radical (unpaired) electrons. The number of allylic oxidation sites excluding steroid dienone is 1. The van der Waals surface area contributed by atoms with Crippen molar-refractivity contribution >= 4 is 29.0 Å². The van der Waals surface area contributed by atoms with Crippen LogP contribution < -0.4 is 24.9 Å². The largest absolute Gasteiger partial charge is 0.504 e. The minimum atomic E-state index is -0.787. The van der Waals surface area contributed by atoms with E-state index in [9.17, 15) is 14.7 Å². The van der Waals surface area contributed by atoms with Gasteiger partial charge in [0, 0.05) is 18.4 Å². The maximum Gasteiger partial charge on any atom is 0.271 e. The quantitative estimate of drug-likeness (QED) is 0.410. The molecule has 5 rings (SSSR count). The van der Waals surface area contributed by atoms with Crippen LogP contribution in [0.1, 0.15) is 31.1 Å². The van der Waals surface area contributed by atoms with Crippen LogP contribution in [-0.2, 0) is 11.3 Å². The summed E-state index contributed by atoms with van der Waals surface area (Å²) in [6.45, 7) is 4.46. The topological polar surface area (TPSA) is 111 Å². The first-order valence-corrected chi connectivity index (χ1v) is 12.5. The number of carbonyl (C=O) groups excluding carboxylic acids is 1. The van der Waals surface area contributed by atoms with Gasteiger partial charge in [-0.15, -0.1) is 0 Å². The maximum absolute atomic E-state index is 13.7. The number of amides is 1. The van der Waals surface area contributed by atoms with E-state index in [1.165, 1.54) is 29.1 Å². The molecule has 0 spiro atoms. The highest BCUT2D eigenvalue weighted by Crippen LogP contribution is 2.35. The molecule has 188 valence electrons. The molecule has 1 aliphatic heterocycles. The fraction of sp³-hybridized carbons (Fsp3) is 0.185. The van der Waals surface area contributed by atoms with E-state index in [1.807, 2.05) is 37.4 Å². The Morgan fingerprint density at radius 2 is 2.00 bits per heavy atom. The van der Waals surface area contributed by atoms with Gasteiger partial charge in [0.25, 0.3) is 11.5 Å². The molecule has 1 atom stereocenters. The standard InChI is InChI=1S/C27H25N5O4S/c1-4-31-13-12-19(30-31)15-22-26(35)32-24(17-10-11-20(33)21(14-17)36-3)23(16(2)28-27(32)37-22)25(34)29-18-8-6-5-7-9-18/h5-15,24,33H,4H2,1-3H3,(H,29,34)/b22-15+. The zero-order valence-electron chi connectivity index (χ0n) is 20.5. The van der Waals surface area contributed by atoms with Crippen molar-refractivity contribution in [3.8, 4) is 11.5 Å². The molecule has 4 aromatic rings. The summed E-state index contributed by atoms with van der Waals surface area (Å²) < 4.78 is 9.07. The molecular formula is C27H25N5O4S. The number of phenols is 1. The van der Waals surface area contributed by atoms with Gasteiger partial charge in [-0.25, -0.2) is 4.99 Å². The maximum atomic E-state index is 13.7. The Kier molecular flexibility index (Phi) is 6.49. The van der Waals surface area contributed by atoms with Crippen molar-refractivity contribution in [2.45, 2.75) is 26.4 Å². The van der Waals surface area contributed by atoms with Gasteiger partial charge in [-0.3, -0.25) is 18.8 Å². The molecule has 1 aliphatic rings. The van der Waals surface area contributed by atoms with Crippen molar-refractivity contribution < 1.29 is 14.6 Å². The third kappa shape index (κ3) is 4.58. The van der Waals surface area contributed by atoms with Crippen LogP contribution in [0.4, 0.5) is 5.69 Å². The Hall–Kier alpha value is -4.44. The Morgan fingerprint density at radius 1 is 1.22 bits per heavy atom. The number of anilines is 1. The van der Waals surface area contributed by atoms with Crippen molar-refractivity contribution in [2.75, 3.05) is 12.4 Å². The third-order valence-corrected chi connectivity index (χ3v) is 7.06. The number of benzene rings is 2. The van der Waals surface area contributed by atoms with Crippen molar-refractivity contribution in [3.05, 3.63) is 103 Å². The lowest BCUT2D eigenvalue weighted by Crippen LogP contribution is -2.40. The summed E-state index contributed by atoms with van der Waals surface area (Å²) in [4.78, 5) is 32.5. The first kappa shape index (κ1) is 24.3. The second-order valence-corrected chi connectivity index (χ2v) is 9.44. The van der Waals surface area contributed by atoms with E-state index in [4.69, 9.17) is 4.74 Å². The van der Waals surface area contributed by atoms with E-state index in [0.717, 1.165) is 6.54 Å². The van der Waals surface area contributed by atoms with Gasteiger partial charge in [-0.05, 0) is 55.8 Å². The number of ether oxygens (including phenoxy) is 1. The van der Waals surface area contributed by atoms with Crippen molar-refractivity contribution in [3.63, 3.8) is 0 Å². The molecule has 2 aromatic carbocycles. The number of nitrogens with one attached hydrogen (secondary N) is 1. The highest BCUT2D eigenvalue weighted by Gasteiger charge is 2.33. The van der Waals surface area contributed by atoms with Crippen LogP contribution in [0, 0.1) is 0 Å². The summed E-state index contributed by atoms with van der Waals surface area (Å²) in [5.74, 6) is -0.177. The van der Waals surface area contributed by atoms with Crippen LogP contribution in [0.3, 0.4) is 0 Å². The molecule has 37 heavy (non-hydrogen) atoms. The number of para-hydroxylation sites is 1. The zero-order valence-corrected chi connectivity index (χ0v) is 21.3. The summed E-state index contributed by atoms with van der Waals surface area (Å²) in [6, 6.07) is 14.9.